The Balaban J connectivity index is -0.0000000180. The van der Waals surface area contributed by atoms with Gasteiger partial charge in [-0.05, 0) is 0 Å². The van der Waals surface area contributed by atoms with Crippen molar-refractivity contribution < 1.29 is 59.9 Å². The predicted molar refractivity (Wildman–Crippen MR) is 89.3 cm³/mol. The molecule has 0 radical (unpaired) electrons. The average molecular weight is 446 g/mol. The maximum absolute atomic E-state index is 9.20. The number of halogens is 5. The van der Waals surface area contributed by atoms with E-state index in [0.29, 0.717) is 0 Å². The molecular weight excluding hydrogens is 425 g/mol. The third kappa shape index (κ3) is 12.6. The Kier molecular flexibility index (Phi) is 79.5. The molecule has 22 heavy (non-hydrogen) atoms. The molecule has 11 nitrogen and oxygen atoms in total. The SMILES string of the molecule is O.O.O.O.O.O.O.O.O.O.Oc1c(Cl)c(Cl)c(Cl)c(Cl)c1Cl. The minimum atomic E-state index is -0.363. The summed E-state index contributed by atoms with van der Waals surface area (Å²) in [4.78, 5) is 0. The Morgan fingerprint density at radius 3 is 0.682 bits per heavy atom. The lowest BCUT2D eigenvalue weighted by atomic mass is 10.3. The van der Waals surface area contributed by atoms with Gasteiger partial charge in [0.15, 0.2) is 5.75 Å². The molecule has 1 aromatic rings. The summed E-state index contributed by atoms with van der Waals surface area (Å²) < 4.78 is 0. The second-order valence-electron chi connectivity index (χ2n) is 1.92. The zero-order chi connectivity index (χ0) is 9.46. The third-order valence-electron chi connectivity index (χ3n) is 1.19. The molecule has 0 spiro atoms. The zero-order valence-electron chi connectivity index (χ0n) is 10.3. The molecule has 0 saturated carbocycles. The third-order valence-corrected chi connectivity index (χ3v) is 3.44. The topological polar surface area (TPSA) is 335 Å². The number of phenols is 1. The van der Waals surface area contributed by atoms with Gasteiger partial charge in [0.25, 0.3) is 0 Å². The van der Waals surface area contributed by atoms with Crippen molar-refractivity contribution in [2.24, 2.45) is 0 Å². The van der Waals surface area contributed by atoms with Gasteiger partial charge in [-0.3, -0.25) is 0 Å². The van der Waals surface area contributed by atoms with Crippen molar-refractivity contribution in [2.75, 3.05) is 0 Å². The molecule has 146 valence electrons. The molecule has 0 aromatic heterocycles. The van der Waals surface area contributed by atoms with E-state index in [1.165, 1.54) is 0 Å². The first-order chi connectivity index (χ1) is 5.46. The fraction of sp³-hybridized carbons (Fsp3) is 0. The number of rotatable bonds is 0. The zero-order valence-corrected chi connectivity index (χ0v) is 14.1. The molecule has 0 heterocycles. The van der Waals surface area contributed by atoms with E-state index in [9.17, 15) is 5.11 Å². The van der Waals surface area contributed by atoms with Crippen LogP contribution in [-0.4, -0.2) is 59.9 Å². The number of aromatic hydroxyl groups is 1. The Hall–Kier alpha value is 0.0700. The lowest BCUT2D eigenvalue weighted by molar-refractivity contribution is 0.476. The summed E-state index contributed by atoms with van der Waals surface area (Å²) in [6, 6.07) is 0. The van der Waals surface area contributed by atoms with E-state index in [0.717, 1.165) is 0 Å². The van der Waals surface area contributed by atoms with Crippen molar-refractivity contribution in [3.63, 3.8) is 0 Å². The molecular formula is C6H21Cl5O11. The first kappa shape index (κ1) is 67.3. The Morgan fingerprint density at radius 1 is 0.364 bits per heavy atom. The molecule has 0 aliphatic rings. The Labute approximate surface area is 149 Å². The van der Waals surface area contributed by atoms with E-state index in [-0.39, 0.29) is 85.6 Å². The normalized spacial score (nSPS) is 5.68. The molecule has 0 aliphatic heterocycles. The highest BCUT2D eigenvalue weighted by molar-refractivity contribution is 6.55. The molecule has 1 rings (SSSR count). The molecule has 0 unspecified atom stereocenters. The van der Waals surface area contributed by atoms with Crippen LogP contribution < -0.4 is 0 Å². The average Bonchev–Trinajstić information content (AvgIpc) is 2.08. The maximum Gasteiger partial charge on any atom is 0.155 e. The fourth-order valence-corrected chi connectivity index (χ4v) is 1.72. The van der Waals surface area contributed by atoms with Crippen LogP contribution in [0.2, 0.25) is 25.1 Å². The molecule has 0 aliphatic carbocycles. The highest BCUT2D eigenvalue weighted by Crippen LogP contribution is 2.47. The van der Waals surface area contributed by atoms with Crippen LogP contribution in [0.4, 0.5) is 0 Å². The van der Waals surface area contributed by atoms with Gasteiger partial charge in [-0.25, -0.2) is 0 Å². The van der Waals surface area contributed by atoms with E-state index >= 15 is 0 Å². The van der Waals surface area contributed by atoms with Gasteiger partial charge in [-0.2, -0.15) is 0 Å². The van der Waals surface area contributed by atoms with E-state index in [2.05, 4.69) is 0 Å². The fourth-order valence-electron chi connectivity index (χ4n) is 0.593. The van der Waals surface area contributed by atoms with Crippen LogP contribution in [0.3, 0.4) is 0 Å². The van der Waals surface area contributed by atoms with Crippen molar-refractivity contribution >= 4 is 58.0 Å². The van der Waals surface area contributed by atoms with Crippen LogP contribution >= 0.6 is 58.0 Å². The Bertz CT molecular complexity index is 247. The van der Waals surface area contributed by atoms with Crippen molar-refractivity contribution in [2.45, 2.75) is 0 Å². The molecule has 0 bridgehead atoms. The van der Waals surface area contributed by atoms with Gasteiger partial charge in [0.2, 0.25) is 0 Å². The number of hydrogen-bond acceptors (Lipinski definition) is 1. The van der Waals surface area contributed by atoms with E-state index < -0.39 is 0 Å². The summed E-state index contributed by atoms with van der Waals surface area (Å²) >= 11 is 27.9. The van der Waals surface area contributed by atoms with E-state index in [1.807, 2.05) is 0 Å². The highest BCUT2D eigenvalue weighted by atomic mass is 35.5. The number of benzene rings is 1. The van der Waals surface area contributed by atoms with Gasteiger partial charge in [0.1, 0.15) is 10.0 Å². The molecule has 1 aromatic carbocycles. The lowest BCUT2D eigenvalue weighted by Crippen LogP contribution is -1.78. The van der Waals surface area contributed by atoms with Crippen LogP contribution in [0.5, 0.6) is 5.75 Å². The smallest absolute Gasteiger partial charge is 0.155 e. The van der Waals surface area contributed by atoms with Gasteiger partial charge in [-0.15, -0.1) is 0 Å². The molecule has 16 heteroatoms. The molecule has 0 amide bonds. The molecule has 0 atom stereocenters. The first-order valence-corrected chi connectivity index (χ1v) is 4.56. The van der Waals surface area contributed by atoms with Gasteiger partial charge >= 0.3 is 0 Å². The summed E-state index contributed by atoms with van der Waals surface area (Å²) in [6.45, 7) is 0. The van der Waals surface area contributed by atoms with Gasteiger partial charge in [0.05, 0.1) is 15.1 Å². The van der Waals surface area contributed by atoms with Crippen molar-refractivity contribution in [3.05, 3.63) is 25.1 Å². The van der Waals surface area contributed by atoms with Crippen LogP contribution in [0, 0.1) is 0 Å². The van der Waals surface area contributed by atoms with Crippen LogP contribution in [-0.2, 0) is 0 Å². The van der Waals surface area contributed by atoms with E-state index in [1.54, 1.807) is 0 Å². The number of phenolic OH excluding ortho intramolecular Hbond substituents is 1. The quantitative estimate of drug-likeness (QED) is 0.306. The summed E-state index contributed by atoms with van der Waals surface area (Å²) in [6.07, 6.45) is 0. The minimum absolute atomic E-state index is 0. The lowest BCUT2D eigenvalue weighted by Gasteiger charge is -2.06. The summed E-state index contributed by atoms with van der Waals surface area (Å²) in [5.74, 6) is -0.363. The summed E-state index contributed by atoms with van der Waals surface area (Å²) in [5, 5.41) is 9.01. The van der Waals surface area contributed by atoms with Gasteiger partial charge in [-0.1, -0.05) is 58.0 Å². The maximum atomic E-state index is 9.20. The van der Waals surface area contributed by atoms with Crippen molar-refractivity contribution in [1.82, 2.24) is 0 Å². The minimum Gasteiger partial charge on any atom is -0.505 e. The molecule has 21 N–H and O–H groups in total. The summed E-state index contributed by atoms with van der Waals surface area (Å²) in [5.41, 5.74) is 0. The standard InChI is InChI=1S/C6HCl5O.10H2O/c7-1-2(8)4(10)6(12)5(11)3(1)9;;;;;;;;;;/h12H;10*1H2. The van der Waals surface area contributed by atoms with E-state index in [4.69, 9.17) is 58.0 Å². The first-order valence-electron chi connectivity index (χ1n) is 2.67. The predicted octanol–water partition coefficient (Wildman–Crippen LogP) is -3.59. The second kappa shape index (κ2) is 26.0. The van der Waals surface area contributed by atoms with Crippen LogP contribution in [0.1, 0.15) is 0 Å². The second-order valence-corrected chi connectivity index (χ2v) is 3.81. The van der Waals surface area contributed by atoms with Crippen molar-refractivity contribution in [3.8, 4) is 5.75 Å². The molecule has 0 saturated heterocycles. The Morgan fingerprint density at radius 2 is 0.500 bits per heavy atom. The molecule has 0 fully saturated rings. The van der Waals surface area contributed by atoms with Crippen LogP contribution in [0.15, 0.2) is 0 Å². The largest absolute Gasteiger partial charge is 0.505 e. The van der Waals surface area contributed by atoms with Gasteiger partial charge in [0, 0.05) is 0 Å². The monoisotopic (exact) mass is 444 g/mol. The summed E-state index contributed by atoms with van der Waals surface area (Å²) in [7, 11) is 0. The van der Waals surface area contributed by atoms with Crippen LogP contribution in [0.25, 0.3) is 0 Å². The van der Waals surface area contributed by atoms with Crippen molar-refractivity contribution in [1.29, 1.82) is 0 Å². The number of hydrogen-bond donors (Lipinski definition) is 1. The van der Waals surface area contributed by atoms with Gasteiger partial charge < -0.3 is 59.9 Å². The highest BCUT2D eigenvalue weighted by Gasteiger charge is 2.17.